The fourth-order valence-electron chi connectivity index (χ4n) is 3.50. The molecule has 4 aromatic rings. The van der Waals surface area contributed by atoms with Crippen LogP contribution in [0.5, 0.6) is 11.5 Å². The highest BCUT2D eigenvalue weighted by Crippen LogP contribution is 2.31. The number of amides is 1. The summed E-state index contributed by atoms with van der Waals surface area (Å²) in [5.74, 6) is 1.01. The van der Waals surface area contributed by atoms with Gasteiger partial charge in [0.1, 0.15) is 22.7 Å². The summed E-state index contributed by atoms with van der Waals surface area (Å²) in [7, 11) is 3.16. The van der Waals surface area contributed by atoms with E-state index in [1.165, 1.54) is 22.2 Å². The number of rotatable bonds is 7. The van der Waals surface area contributed by atoms with E-state index in [-0.39, 0.29) is 24.1 Å². The fraction of sp³-hybridized carbons (Fsp3) is 0.208. The van der Waals surface area contributed by atoms with Gasteiger partial charge in [-0.3, -0.25) is 14.2 Å². The molecular formula is C24H23N3O4S. The third-order valence-corrected chi connectivity index (χ3v) is 6.32. The number of hydrogen-bond donors (Lipinski definition) is 1. The zero-order valence-corrected chi connectivity index (χ0v) is 18.8. The summed E-state index contributed by atoms with van der Waals surface area (Å²) in [5, 5.41) is 2.92. The van der Waals surface area contributed by atoms with E-state index in [9.17, 15) is 9.59 Å². The summed E-state index contributed by atoms with van der Waals surface area (Å²) in [4.78, 5) is 31.0. The lowest BCUT2D eigenvalue weighted by Gasteiger charge is -2.18. The molecule has 0 spiro atoms. The van der Waals surface area contributed by atoms with Gasteiger partial charge in [-0.1, -0.05) is 30.3 Å². The van der Waals surface area contributed by atoms with Gasteiger partial charge in [-0.15, -0.1) is 11.3 Å². The molecule has 1 N–H and O–H groups in total. The molecule has 0 bridgehead atoms. The lowest BCUT2D eigenvalue weighted by Crippen LogP contribution is -2.33. The lowest BCUT2D eigenvalue weighted by atomic mass is 10.1. The van der Waals surface area contributed by atoms with Crippen LogP contribution in [0.15, 0.2) is 65.7 Å². The summed E-state index contributed by atoms with van der Waals surface area (Å²) >= 11 is 1.38. The van der Waals surface area contributed by atoms with Gasteiger partial charge in [-0.25, -0.2) is 4.98 Å². The average molecular weight is 450 g/mol. The third-order valence-electron chi connectivity index (χ3n) is 5.16. The summed E-state index contributed by atoms with van der Waals surface area (Å²) < 4.78 is 12.5. The maximum Gasteiger partial charge on any atom is 0.271 e. The van der Waals surface area contributed by atoms with Crippen LogP contribution < -0.4 is 20.3 Å². The van der Waals surface area contributed by atoms with Gasteiger partial charge in [0.05, 0.1) is 32.1 Å². The minimum Gasteiger partial charge on any atom is -0.497 e. The molecule has 8 heteroatoms. The van der Waals surface area contributed by atoms with Crippen molar-refractivity contribution in [1.82, 2.24) is 14.9 Å². The smallest absolute Gasteiger partial charge is 0.271 e. The van der Waals surface area contributed by atoms with Crippen molar-refractivity contribution < 1.29 is 14.3 Å². The standard InChI is InChI=1S/C24H23N3O4S/c1-15(18-11-17(30-2)9-10-20(18)31-3)26-22(28)13-27-14-25-19-12-21(32-23(19)24(27)29)16-7-5-4-6-8-16/h4-12,14-15H,13H2,1-3H3,(H,26,28). The van der Waals surface area contributed by atoms with E-state index < -0.39 is 0 Å². The second kappa shape index (κ2) is 9.23. The first kappa shape index (κ1) is 21.6. The lowest BCUT2D eigenvalue weighted by molar-refractivity contribution is -0.122. The normalized spacial score (nSPS) is 11.8. The van der Waals surface area contributed by atoms with Gasteiger partial charge < -0.3 is 14.8 Å². The first-order valence-corrected chi connectivity index (χ1v) is 10.9. The van der Waals surface area contributed by atoms with Gasteiger partial charge in [0.2, 0.25) is 5.91 Å². The van der Waals surface area contributed by atoms with Crippen molar-refractivity contribution >= 4 is 27.5 Å². The maximum absolute atomic E-state index is 13.0. The van der Waals surface area contributed by atoms with E-state index in [2.05, 4.69) is 10.3 Å². The Morgan fingerprint density at radius 2 is 1.91 bits per heavy atom. The van der Waals surface area contributed by atoms with Gasteiger partial charge in [0, 0.05) is 10.4 Å². The number of carbonyl (C=O) groups is 1. The molecule has 4 rings (SSSR count). The Morgan fingerprint density at radius 1 is 1.12 bits per heavy atom. The van der Waals surface area contributed by atoms with Gasteiger partial charge in [0.15, 0.2) is 0 Å². The van der Waals surface area contributed by atoms with Crippen molar-refractivity contribution in [2.75, 3.05) is 14.2 Å². The van der Waals surface area contributed by atoms with Crippen molar-refractivity contribution in [3.63, 3.8) is 0 Å². The van der Waals surface area contributed by atoms with Crippen LogP contribution in [-0.4, -0.2) is 29.7 Å². The molecule has 0 aliphatic carbocycles. The SMILES string of the molecule is COc1ccc(OC)c(C(C)NC(=O)Cn2cnc3cc(-c4ccccc4)sc3c2=O)c1. The number of nitrogens with one attached hydrogen (secondary N) is 1. The Bertz CT molecular complexity index is 1310. The Kier molecular flexibility index (Phi) is 6.23. The molecule has 2 aromatic heterocycles. The van der Waals surface area contributed by atoms with E-state index in [1.54, 1.807) is 26.4 Å². The van der Waals surface area contributed by atoms with E-state index >= 15 is 0 Å². The van der Waals surface area contributed by atoms with Crippen LogP contribution in [0.1, 0.15) is 18.5 Å². The highest BCUT2D eigenvalue weighted by molar-refractivity contribution is 7.22. The number of nitrogens with zero attached hydrogens (tertiary/aromatic N) is 2. The van der Waals surface area contributed by atoms with E-state index in [4.69, 9.17) is 9.47 Å². The number of hydrogen-bond acceptors (Lipinski definition) is 6. The molecular weight excluding hydrogens is 426 g/mol. The molecule has 0 saturated carbocycles. The largest absolute Gasteiger partial charge is 0.497 e. The molecule has 0 saturated heterocycles. The summed E-state index contributed by atoms with van der Waals surface area (Å²) in [6, 6.07) is 16.8. The zero-order chi connectivity index (χ0) is 22.7. The van der Waals surface area contributed by atoms with E-state index in [0.717, 1.165) is 16.0 Å². The predicted molar refractivity (Wildman–Crippen MR) is 125 cm³/mol. The van der Waals surface area contributed by atoms with Crippen LogP contribution in [0.2, 0.25) is 0 Å². The Hall–Kier alpha value is -3.65. The van der Waals surface area contributed by atoms with Gasteiger partial charge in [-0.2, -0.15) is 0 Å². The number of carbonyl (C=O) groups excluding carboxylic acids is 1. The number of aromatic nitrogens is 2. The summed E-state index contributed by atoms with van der Waals surface area (Å²) in [5.41, 5.74) is 2.21. The highest BCUT2D eigenvalue weighted by Gasteiger charge is 2.17. The highest BCUT2D eigenvalue weighted by atomic mass is 32.1. The summed E-state index contributed by atoms with van der Waals surface area (Å²) in [6.45, 7) is 1.72. The molecule has 1 atom stereocenters. The van der Waals surface area contributed by atoms with Crippen LogP contribution in [0.4, 0.5) is 0 Å². The van der Waals surface area contributed by atoms with Crippen molar-refractivity contribution in [2.45, 2.75) is 19.5 Å². The van der Waals surface area contributed by atoms with Gasteiger partial charge >= 0.3 is 0 Å². The molecule has 0 aliphatic heterocycles. The minimum atomic E-state index is -0.341. The van der Waals surface area contributed by atoms with Crippen molar-refractivity contribution in [3.8, 4) is 21.9 Å². The molecule has 0 aliphatic rings. The summed E-state index contributed by atoms with van der Waals surface area (Å²) in [6.07, 6.45) is 1.42. The van der Waals surface area contributed by atoms with Crippen molar-refractivity contribution in [1.29, 1.82) is 0 Å². The Morgan fingerprint density at radius 3 is 2.62 bits per heavy atom. The van der Waals surface area contributed by atoms with Crippen LogP contribution in [0.25, 0.3) is 20.7 Å². The number of ether oxygens (including phenoxy) is 2. The van der Waals surface area contributed by atoms with E-state index in [1.807, 2.05) is 49.4 Å². The molecule has 2 heterocycles. The van der Waals surface area contributed by atoms with E-state index in [0.29, 0.717) is 21.7 Å². The molecule has 0 fully saturated rings. The predicted octanol–water partition coefficient (Wildman–Crippen LogP) is 4.02. The number of benzene rings is 2. The number of methoxy groups -OCH3 is 2. The van der Waals surface area contributed by atoms with Crippen LogP contribution in [0.3, 0.4) is 0 Å². The fourth-order valence-corrected chi connectivity index (χ4v) is 4.57. The maximum atomic E-state index is 13.0. The van der Waals surface area contributed by atoms with Crippen LogP contribution in [0, 0.1) is 0 Å². The zero-order valence-electron chi connectivity index (χ0n) is 18.0. The third kappa shape index (κ3) is 4.36. The average Bonchev–Trinajstić information content (AvgIpc) is 3.26. The Balaban J connectivity index is 1.54. The van der Waals surface area contributed by atoms with Crippen molar-refractivity contribution in [2.24, 2.45) is 0 Å². The number of thiophene rings is 1. The van der Waals surface area contributed by atoms with Gasteiger partial charge in [0.25, 0.3) is 5.56 Å². The van der Waals surface area contributed by atoms with Crippen LogP contribution >= 0.6 is 11.3 Å². The molecule has 1 unspecified atom stereocenters. The van der Waals surface area contributed by atoms with Crippen molar-refractivity contribution in [3.05, 3.63) is 76.8 Å². The second-order valence-corrected chi connectivity index (χ2v) is 8.32. The molecule has 2 aromatic carbocycles. The molecule has 0 radical (unpaired) electrons. The molecule has 7 nitrogen and oxygen atoms in total. The van der Waals surface area contributed by atoms with Crippen LogP contribution in [-0.2, 0) is 11.3 Å². The molecule has 32 heavy (non-hydrogen) atoms. The minimum absolute atomic E-state index is 0.128. The molecule has 1 amide bonds. The second-order valence-electron chi connectivity index (χ2n) is 7.27. The first-order valence-electron chi connectivity index (χ1n) is 10.1. The quantitative estimate of drug-likeness (QED) is 0.461. The monoisotopic (exact) mass is 449 g/mol. The Labute approximate surface area is 189 Å². The van der Waals surface area contributed by atoms with Gasteiger partial charge in [-0.05, 0) is 36.8 Å². The topological polar surface area (TPSA) is 82.4 Å². The number of fused-ring (bicyclic) bond motifs is 1. The molecule has 164 valence electrons. The first-order chi connectivity index (χ1) is 15.5.